The van der Waals surface area contributed by atoms with E-state index in [1.807, 2.05) is 0 Å². The van der Waals surface area contributed by atoms with E-state index in [1.165, 1.54) is 23.1 Å². The number of amides is 1. The number of ether oxygens (including phenoxy) is 1. The van der Waals surface area contributed by atoms with Crippen molar-refractivity contribution in [3.05, 3.63) is 52.8 Å². The Kier molecular flexibility index (Phi) is 5.42. The third kappa shape index (κ3) is 5.00. The van der Waals surface area contributed by atoms with Gasteiger partial charge >= 0.3 is 6.09 Å². The van der Waals surface area contributed by atoms with Gasteiger partial charge in [0.15, 0.2) is 0 Å². The van der Waals surface area contributed by atoms with Crippen molar-refractivity contribution in [2.75, 3.05) is 5.73 Å². The van der Waals surface area contributed by atoms with Crippen LogP contribution in [-0.2, 0) is 6.54 Å². The number of carboxylic acid groups (broad SMARTS) is 1. The highest BCUT2D eigenvalue weighted by Crippen LogP contribution is 2.29. The molecule has 5 nitrogen and oxygen atoms in total. The van der Waals surface area contributed by atoms with Gasteiger partial charge in [-0.05, 0) is 56.7 Å². The Morgan fingerprint density at radius 3 is 2.48 bits per heavy atom. The fourth-order valence-electron chi connectivity index (χ4n) is 2.27. The molecule has 25 heavy (non-hydrogen) atoms. The second-order valence-corrected chi connectivity index (χ2v) is 7.04. The normalized spacial score (nSPS) is 11.2. The molecule has 0 unspecified atom stereocenters. The first-order valence-corrected chi connectivity index (χ1v) is 7.97. The zero-order chi connectivity index (χ0) is 18.8. The summed E-state index contributed by atoms with van der Waals surface area (Å²) in [6.45, 7) is 5.50. The molecule has 0 radical (unpaired) electrons. The van der Waals surface area contributed by atoms with Crippen molar-refractivity contribution in [3.63, 3.8) is 0 Å². The molecule has 0 saturated heterocycles. The van der Waals surface area contributed by atoms with Crippen LogP contribution in [0.2, 0.25) is 5.02 Å². The summed E-state index contributed by atoms with van der Waals surface area (Å²) in [5.41, 5.74) is 6.41. The molecule has 7 heteroatoms. The molecule has 0 aromatic heterocycles. The molecule has 3 N–H and O–H groups in total. The fourth-order valence-corrected chi connectivity index (χ4v) is 2.48. The number of rotatable bonds is 4. The molecule has 0 bridgehead atoms. The number of carbonyl (C=O) groups is 1. The van der Waals surface area contributed by atoms with Gasteiger partial charge in [-0.25, -0.2) is 9.18 Å². The van der Waals surface area contributed by atoms with Crippen molar-refractivity contribution in [2.24, 2.45) is 0 Å². The van der Waals surface area contributed by atoms with Gasteiger partial charge in [-0.1, -0.05) is 11.6 Å². The van der Waals surface area contributed by atoms with Crippen molar-refractivity contribution in [2.45, 2.75) is 32.9 Å². The molecule has 0 spiro atoms. The number of hydrogen-bond acceptors (Lipinski definition) is 3. The van der Waals surface area contributed by atoms with E-state index >= 15 is 0 Å². The van der Waals surface area contributed by atoms with E-state index in [-0.39, 0.29) is 17.3 Å². The van der Waals surface area contributed by atoms with Crippen LogP contribution >= 0.6 is 11.6 Å². The molecule has 0 aliphatic heterocycles. The van der Waals surface area contributed by atoms with Gasteiger partial charge in [-0.3, -0.25) is 4.90 Å². The lowest BCUT2D eigenvalue weighted by molar-refractivity contribution is 0.0956. The predicted molar refractivity (Wildman–Crippen MR) is 95.7 cm³/mol. The Bertz CT molecular complexity index is 770. The summed E-state index contributed by atoms with van der Waals surface area (Å²) >= 11 is 5.81. The summed E-state index contributed by atoms with van der Waals surface area (Å²) in [7, 11) is 0. The van der Waals surface area contributed by atoms with Gasteiger partial charge in [0.1, 0.15) is 17.3 Å². The number of halogens is 2. The number of anilines is 1. The second-order valence-electron chi connectivity index (χ2n) is 6.61. The molecule has 1 amide bonds. The fraction of sp³-hybridized carbons (Fsp3) is 0.278. The van der Waals surface area contributed by atoms with E-state index in [2.05, 4.69) is 0 Å². The molecule has 0 fully saturated rings. The highest BCUT2D eigenvalue weighted by atomic mass is 35.5. The first-order chi connectivity index (χ1) is 11.6. The lowest BCUT2D eigenvalue weighted by Gasteiger charge is -2.33. The first-order valence-electron chi connectivity index (χ1n) is 7.59. The third-order valence-corrected chi connectivity index (χ3v) is 3.77. The standard InChI is InChI=1S/C18H20ClFN2O3/c1-18(2,3)22(17(23)24)10-11-6-14(4-5-16(11)21)25-15-8-12(19)7-13(20)9-15/h4-9H,10,21H2,1-3H3,(H,23,24). The number of nitrogens with zero attached hydrogens (tertiary/aromatic N) is 1. The molecule has 134 valence electrons. The predicted octanol–water partition coefficient (Wildman–Crippen LogP) is 5.13. The van der Waals surface area contributed by atoms with Crippen LogP contribution in [-0.4, -0.2) is 21.6 Å². The molecule has 0 atom stereocenters. The number of nitrogen functional groups attached to an aromatic ring is 1. The van der Waals surface area contributed by atoms with Crippen molar-refractivity contribution in [1.82, 2.24) is 4.90 Å². The van der Waals surface area contributed by atoms with Crippen LogP contribution in [0.15, 0.2) is 36.4 Å². The van der Waals surface area contributed by atoms with Crippen LogP contribution < -0.4 is 10.5 Å². The van der Waals surface area contributed by atoms with Crippen LogP contribution in [0.5, 0.6) is 11.5 Å². The van der Waals surface area contributed by atoms with Crippen molar-refractivity contribution >= 4 is 23.4 Å². The number of hydrogen-bond donors (Lipinski definition) is 2. The largest absolute Gasteiger partial charge is 0.465 e. The third-order valence-electron chi connectivity index (χ3n) is 3.56. The van der Waals surface area contributed by atoms with Gasteiger partial charge in [0.05, 0.1) is 6.54 Å². The van der Waals surface area contributed by atoms with Gasteiger partial charge in [0.2, 0.25) is 0 Å². The second kappa shape index (κ2) is 7.19. The SMILES string of the molecule is CC(C)(C)N(Cc1cc(Oc2cc(F)cc(Cl)c2)ccc1N)C(=O)O. The summed E-state index contributed by atoms with van der Waals surface area (Å²) in [6, 6.07) is 8.75. The minimum atomic E-state index is -1.05. The quantitative estimate of drug-likeness (QED) is 0.735. The van der Waals surface area contributed by atoms with Crippen LogP contribution in [0.3, 0.4) is 0 Å². The summed E-state index contributed by atoms with van der Waals surface area (Å²) in [4.78, 5) is 12.8. The molecule has 0 aliphatic rings. The minimum Gasteiger partial charge on any atom is -0.465 e. The van der Waals surface area contributed by atoms with Gasteiger partial charge in [-0.15, -0.1) is 0 Å². The maximum atomic E-state index is 13.4. The Balaban J connectivity index is 2.29. The lowest BCUT2D eigenvalue weighted by Crippen LogP contribution is -2.44. The van der Waals surface area contributed by atoms with Crippen molar-refractivity contribution in [1.29, 1.82) is 0 Å². The van der Waals surface area contributed by atoms with Gasteiger partial charge in [-0.2, -0.15) is 0 Å². The maximum Gasteiger partial charge on any atom is 0.408 e. The van der Waals surface area contributed by atoms with Crippen LogP contribution in [0.1, 0.15) is 26.3 Å². The lowest BCUT2D eigenvalue weighted by atomic mass is 10.0. The van der Waals surface area contributed by atoms with Crippen LogP contribution in [0.4, 0.5) is 14.9 Å². The summed E-state index contributed by atoms with van der Waals surface area (Å²) in [6.07, 6.45) is -1.05. The minimum absolute atomic E-state index is 0.103. The Morgan fingerprint density at radius 2 is 1.92 bits per heavy atom. The van der Waals surface area contributed by atoms with E-state index < -0.39 is 17.4 Å². The Morgan fingerprint density at radius 1 is 1.24 bits per heavy atom. The van der Waals surface area contributed by atoms with E-state index in [0.717, 1.165) is 0 Å². The molecular weight excluding hydrogens is 347 g/mol. The molecule has 0 heterocycles. The number of benzene rings is 2. The summed E-state index contributed by atoms with van der Waals surface area (Å²) < 4.78 is 19.0. The molecule has 0 saturated carbocycles. The maximum absolute atomic E-state index is 13.4. The smallest absolute Gasteiger partial charge is 0.408 e. The van der Waals surface area contributed by atoms with Crippen LogP contribution in [0, 0.1) is 5.82 Å². The van der Waals surface area contributed by atoms with Gasteiger partial charge in [0, 0.05) is 22.3 Å². The molecule has 0 aliphatic carbocycles. The first kappa shape index (κ1) is 18.9. The topological polar surface area (TPSA) is 75.8 Å². The summed E-state index contributed by atoms with van der Waals surface area (Å²) in [5.74, 6) is 0.139. The van der Waals surface area contributed by atoms with Gasteiger partial charge in [0.25, 0.3) is 0 Å². The average Bonchev–Trinajstić information content (AvgIpc) is 2.45. The highest BCUT2D eigenvalue weighted by molar-refractivity contribution is 6.30. The van der Waals surface area contributed by atoms with Crippen LogP contribution in [0.25, 0.3) is 0 Å². The van der Waals surface area contributed by atoms with E-state index in [9.17, 15) is 14.3 Å². The number of nitrogens with two attached hydrogens (primary N) is 1. The average molecular weight is 367 g/mol. The Hall–Kier alpha value is -2.47. The monoisotopic (exact) mass is 366 g/mol. The zero-order valence-electron chi connectivity index (χ0n) is 14.2. The summed E-state index contributed by atoms with van der Waals surface area (Å²) in [5, 5.41) is 9.64. The molecule has 2 aromatic carbocycles. The molecule has 2 rings (SSSR count). The highest BCUT2D eigenvalue weighted by Gasteiger charge is 2.26. The molecular formula is C18H20ClFN2O3. The van der Waals surface area contributed by atoms with Crippen molar-refractivity contribution < 1.29 is 19.0 Å². The van der Waals surface area contributed by atoms with E-state index in [0.29, 0.717) is 17.0 Å². The van der Waals surface area contributed by atoms with Gasteiger partial charge < -0.3 is 15.6 Å². The zero-order valence-corrected chi connectivity index (χ0v) is 15.0. The van der Waals surface area contributed by atoms with Crippen molar-refractivity contribution in [3.8, 4) is 11.5 Å². The molecule has 2 aromatic rings. The van der Waals surface area contributed by atoms with E-state index in [4.69, 9.17) is 22.1 Å². The van der Waals surface area contributed by atoms with E-state index in [1.54, 1.807) is 39.0 Å². The Labute approximate surface area is 150 Å².